The van der Waals surface area contributed by atoms with Crippen LogP contribution < -0.4 is 16.0 Å². The molecule has 0 aliphatic heterocycles. The van der Waals surface area contributed by atoms with Crippen LogP contribution in [0.5, 0.6) is 0 Å². The smallest absolute Gasteiger partial charge is 0.340 e. The van der Waals surface area contributed by atoms with E-state index in [0.717, 1.165) is 0 Å². The lowest BCUT2D eigenvalue weighted by molar-refractivity contribution is -0.119. The highest BCUT2D eigenvalue weighted by atomic mass is 35.5. The van der Waals surface area contributed by atoms with Gasteiger partial charge in [0.1, 0.15) is 0 Å². The maximum Gasteiger partial charge on any atom is 0.340 e. The lowest BCUT2D eigenvalue weighted by atomic mass is 10.1. The minimum absolute atomic E-state index is 0.0620. The first-order valence-electron chi connectivity index (χ1n) is 6.08. The van der Waals surface area contributed by atoms with E-state index in [1.165, 1.54) is 19.2 Å². The van der Waals surface area contributed by atoms with Gasteiger partial charge in [0.2, 0.25) is 5.91 Å². The Morgan fingerprint density at radius 1 is 1.45 bits per heavy atom. The molecular formula is C13H18ClN3O3. The van der Waals surface area contributed by atoms with Crippen molar-refractivity contribution in [1.29, 1.82) is 0 Å². The number of likely N-dealkylation sites (N-methyl/N-ethyl adjacent to an activating group) is 2. The Morgan fingerprint density at radius 2 is 2.10 bits per heavy atom. The van der Waals surface area contributed by atoms with Gasteiger partial charge >= 0.3 is 5.97 Å². The summed E-state index contributed by atoms with van der Waals surface area (Å²) in [5, 5.41) is 2.80. The lowest BCUT2D eigenvalue weighted by Gasteiger charge is -2.22. The number of hydrogen-bond acceptors (Lipinski definition) is 5. The molecule has 0 fully saturated rings. The van der Waals surface area contributed by atoms with Crippen molar-refractivity contribution in [2.75, 3.05) is 37.9 Å². The molecule has 0 unspecified atom stereocenters. The molecular weight excluding hydrogens is 282 g/mol. The fourth-order valence-corrected chi connectivity index (χ4v) is 2.12. The molecule has 0 aliphatic carbocycles. The molecule has 1 rings (SSSR count). The number of nitrogens with two attached hydrogens (primary N) is 1. The van der Waals surface area contributed by atoms with Crippen LogP contribution in [0.4, 0.5) is 11.4 Å². The molecule has 0 aromatic heterocycles. The first-order valence-corrected chi connectivity index (χ1v) is 6.46. The number of anilines is 2. The number of nitrogens with one attached hydrogen (secondary N) is 1. The van der Waals surface area contributed by atoms with E-state index >= 15 is 0 Å². The maximum absolute atomic E-state index is 12.0. The number of rotatable bonds is 5. The first kappa shape index (κ1) is 16.1. The summed E-state index contributed by atoms with van der Waals surface area (Å²) in [5.74, 6) is -0.726. The Hall–Kier alpha value is -1.95. The normalized spacial score (nSPS) is 10.0. The van der Waals surface area contributed by atoms with Gasteiger partial charge in [0.15, 0.2) is 0 Å². The average molecular weight is 300 g/mol. The molecule has 110 valence electrons. The van der Waals surface area contributed by atoms with Crippen LogP contribution in [0.3, 0.4) is 0 Å². The molecule has 6 nitrogen and oxygen atoms in total. The van der Waals surface area contributed by atoms with E-state index in [9.17, 15) is 9.59 Å². The molecule has 20 heavy (non-hydrogen) atoms. The highest BCUT2D eigenvalue weighted by Crippen LogP contribution is 2.32. The SMILES string of the molecule is CCOC(=O)c1cc(N)cc(Cl)c1N(C)CC(=O)NC. The summed E-state index contributed by atoms with van der Waals surface area (Å²) in [4.78, 5) is 25.0. The van der Waals surface area contributed by atoms with Crippen LogP contribution >= 0.6 is 11.6 Å². The van der Waals surface area contributed by atoms with Crippen LogP contribution in [-0.4, -0.2) is 39.1 Å². The van der Waals surface area contributed by atoms with Crippen LogP contribution in [0, 0.1) is 0 Å². The number of hydrogen-bond donors (Lipinski definition) is 2. The van der Waals surface area contributed by atoms with Crippen molar-refractivity contribution in [2.45, 2.75) is 6.92 Å². The zero-order chi connectivity index (χ0) is 15.3. The van der Waals surface area contributed by atoms with E-state index in [1.54, 1.807) is 18.9 Å². The van der Waals surface area contributed by atoms with E-state index in [1.807, 2.05) is 0 Å². The van der Waals surface area contributed by atoms with E-state index in [2.05, 4.69) is 5.32 Å². The summed E-state index contributed by atoms with van der Waals surface area (Å²) >= 11 is 6.14. The summed E-state index contributed by atoms with van der Waals surface area (Å²) in [6.45, 7) is 2.01. The van der Waals surface area contributed by atoms with E-state index < -0.39 is 5.97 Å². The van der Waals surface area contributed by atoms with Gasteiger partial charge in [0.25, 0.3) is 0 Å². The Balaban J connectivity index is 3.22. The average Bonchev–Trinajstić information content (AvgIpc) is 2.37. The summed E-state index contributed by atoms with van der Waals surface area (Å²) in [7, 11) is 3.20. The summed E-state index contributed by atoms with van der Waals surface area (Å²) in [5.41, 5.74) is 6.71. The topological polar surface area (TPSA) is 84.7 Å². The third-order valence-corrected chi connectivity index (χ3v) is 2.91. The third-order valence-electron chi connectivity index (χ3n) is 2.62. The Bertz CT molecular complexity index is 520. The molecule has 0 saturated carbocycles. The first-order chi connectivity index (χ1) is 9.40. The van der Waals surface area contributed by atoms with Crippen molar-refractivity contribution in [3.63, 3.8) is 0 Å². The number of benzene rings is 1. The van der Waals surface area contributed by atoms with Gasteiger partial charge in [-0.05, 0) is 19.1 Å². The van der Waals surface area contributed by atoms with Crippen LogP contribution in [-0.2, 0) is 9.53 Å². The third kappa shape index (κ3) is 3.77. The number of amides is 1. The fourth-order valence-electron chi connectivity index (χ4n) is 1.75. The van der Waals surface area contributed by atoms with Crippen molar-refractivity contribution in [2.24, 2.45) is 0 Å². The van der Waals surface area contributed by atoms with Gasteiger partial charge in [0.05, 0.1) is 29.4 Å². The highest BCUT2D eigenvalue weighted by molar-refractivity contribution is 6.34. The zero-order valence-corrected chi connectivity index (χ0v) is 12.5. The second kappa shape index (κ2) is 7.00. The Morgan fingerprint density at radius 3 is 2.65 bits per heavy atom. The molecule has 0 atom stereocenters. The number of nitrogen functional groups attached to an aromatic ring is 1. The number of carbonyl (C=O) groups is 2. The van der Waals surface area contributed by atoms with Gasteiger partial charge in [-0.3, -0.25) is 4.79 Å². The summed E-state index contributed by atoms with van der Waals surface area (Å²) in [6, 6.07) is 3.01. The molecule has 3 N–H and O–H groups in total. The molecule has 1 amide bonds. The van der Waals surface area contributed by atoms with Crippen molar-refractivity contribution in [3.8, 4) is 0 Å². The van der Waals surface area contributed by atoms with E-state index in [4.69, 9.17) is 22.1 Å². The van der Waals surface area contributed by atoms with Crippen molar-refractivity contribution < 1.29 is 14.3 Å². The van der Waals surface area contributed by atoms with Crippen LogP contribution in [0.1, 0.15) is 17.3 Å². The molecule has 7 heteroatoms. The van der Waals surface area contributed by atoms with Gasteiger partial charge in [-0.1, -0.05) is 11.6 Å². The van der Waals surface area contributed by atoms with Crippen molar-refractivity contribution >= 4 is 34.9 Å². The number of carbonyl (C=O) groups excluding carboxylic acids is 2. The minimum atomic E-state index is -0.527. The molecule has 0 saturated heterocycles. The largest absolute Gasteiger partial charge is 0.462 e. The quantitative estimate of drug-likeness (QED) is 0.632. The number of halogens is 1. The van der Waals surface area contributed by atoms with E-state index in [0.29, 0.717) is 16.4 Å². The van der Waals surface area contributed by atoms with Crippen molar-refractivity contribution in [3.05, 3.63) is 22.7 Å². The number of ether oxygens (including phenoxy) is 1. The molecule has 0 spiro atoms. The zero-order valence-electron chi connectivity index (χ0n) is 11.7. The molecule has 0 bridgehead atoms. The van der Waals surface area contributed by atoms with Gasteiger partial charge in [-0.25, -0.2) is 4.79 Å². The summed E-state index contributed by atoms with van der Waals surface area (Å²) in [6.07, 6.45) is 0. The van der Waals surface area contributed by atoms with Crippen molar-refractivity contribution in [1.82, 2.24) is 5.32 Å². The van der Waals surface area contributed by atoms with Gasteiger partial charge in [0, 0.05) is 19.8 Å². The highest BCUT2D eigenvalue weighted by Gasteiger charge is 2.20. The maximum atomic E-state index is 12.0. The van der Waals surface area contributed by atoms with Crippen LogP contribution in [0.2, 0.25) is 5.02 Å². The number of esters is 1. The molecule has 1 aromatic carbocycles. The number of nitrogens with zero attached hydrogens (tertiary/aromatic N) is 1. The second-order valence-corrected chi connectivity index (χ2v) is 4.56. The second-order valence-electron chi connectivity index (χ2n) is 4.15. The predicted molar refractivity (Wildman–Crippen MR) is 79.2 cm³/mol. The van der Waals surface area contributed by atoms with Gasteiger partial charge in [-0.15, -0.1) is 0 Å². The Labute approximate surface area is 122 Å². The standard InChI is InChI=1S/C13H18ClN3O3/c1-4-20-13(19)9-5-8(15)6-10(14)12(9)17(3)7-11(18)16-2/h5-6H,4,7,15H2,1-3H3,(H,16,18). The molecule has 1 aromatic rings. The molecule has 0 radical (unpaired) electrons. The fraction of sp³-hybridized carbons (Fsp3) is 0.385. The minimum Gasteiger partial charge on any atom is -0.462 e. The predicted octanol–water partition coefficient (Wildman–Crippen LogP) is 1.28. The van der Waals surface area contributed by atoms with Crippen LogP contribution in [0.25, 0.3) is 0 Å². The summed E-state index contributed by atoms with van der Waals surface area (Å²) < 4.78 is 4.98. The Kier molecular flexibility index (Phi) is 5.64. The van der Waals surface area contributed by atoms with E-state index in [-0.39, 0.29) is 24.6 Å². The molecule has 0 aliphatic rings. The van der Waals surface area contributed by atoms with Crippen LogP contribution in [0.15, 0.2) is 12.1 Å². The van der Waals surface area contributed by atoms with Gasteiger partial charge in [-0.2, -0.15) is 0 Å². The molecule has 0 heterocycles. The monoisotopic (exact) mass is 299 g/mol. The lowest BCUT2D eigenvalue weighted by Crippen LogP contribution is -2.34. The van der Waals surface area contributed by atoms with Gasteiger partial charge < -0.3 is 20.7 Å².